The van der Waals surface area contributed by atoms with Gasteiger partial charge in [0.05, 0.1) is 105 Å². The average Bonchev–Trinajstić information content (AvgIpc) is 1.57. The number of carbonyl (C=O) groups excluding carboxylic acids is 8. The molecular weight excluding hydrogens is 1470 g/mol. The van der Waals surface area contributed by atoms with Gasteiger partial charge < -0.3 is 38.2 Å². The van der Waals surface area contributed by atoms with Gasteiger partial charge in [0.15, 0.2) is 11.6 Å². The number of hydrogen-bond donors (Lipinski definition) is 2. The highest BCUT2D eigenvalue weighted by molar-refractivity contribution is 7.92. The molecule has 0 spiro atoms. The molecule has 2 aromatic heterocycles. The number of ketones is 2. The van der Waals surface area contributed by atoms with Crippen molar-refractivity contribution in [2.75, 3.05) is 26.3 Å². The van der Waals surface area contributed by atoms with E-state index in [1.54, 1.807) is 55.4 Å². The molecule has 4 aliphatic carbocycles. The Balaban J connectivity index is 0.000000221. The molecule has 0 bridgehead atoms. The minimum Gasteiger partial charge on any atom is -0.476 e. The topological polar surface area (TPSA) is 342 Å². The number of carbonyl (C=O) groups is 8. The molecule has 12 rings (SSSR count). The van der Waals surface area contributed by atoms with Crippen molar-refractivity contribution in [3.8, 4) is 23.5 Å². The molecule has 28 heteroatoms. The zero-order valence-corrected chi connectivity index (χ0v) is 69.3. The Kier molecular flexibility index (Phi) is 25.5. The van der Waals surface area contributed by atoms with Crippen LogP contribution in [0.2, 0.25) is 0 Å². The van der Waals surface area contributed by atoms with Crippen LogP contribution in [0, 0.1) is 58.2 Å². The zero-order chi connectivity index (χ0) is 81.3. The lowest BCUT2D eigenvalue weighted by molar-refractivity contribution is -0.160. The molecule has 4 amide bonds. The first-order chi connectivity index (χ1) is 52.8. The molecule has 2 aromatic carbocycles. The van der Waals surface area contributed by atoms with Crippen LogP contribution in [0.1, 0.15) is 225 Å². The van der Waals surface area contributed by atoms with E-state index in [1.807, 2.05) is 101 Å². The summed E-state index contributed by atoms with van der Waals surface area (Å²) in [6.45, 7) is 26.8. The standard InChI is InChI=1S/2C42H58N4O9S/c2*1-8-27-20-26(3)14-10-11-15-28-23-42(28,39(50)45-56(51,52)41(7)18-19-41)24-34(47)33-21-29(25-46(33)38(49)32(27)22-35(48)55-40(4,5)6)54-37-31-17-13-12-16-30(31)36(43-44-37)53-9-2/h2*11-13,15-17,26-29,32-33H,8-10,14,18-25H2,1-7H3,(H,45,50)/b2*15-11-/t26-,27+,28+,29+,32-,33-,42+;26-,27-,28-,29-,32+,33+,42-/m01/s1. The lowest BCUT2D eigenvalue weighted by Crippen LogP contribution is -2.48. The van der Waals surface area contributed by atoms with Gasteiger partial charge >= 0.3 is 11.9 Å². The predicted molar refractivity (Wildman–Crippen MR) is 420 cm³/mol. The van der Waals surface area contributed by atoms with Crippen LogP contribution < -0.4 is 28.4 Å². The van der Waals surface area contributed by atoms with Gasteiger partial charge in [0.1, 0.15) is 23.4 Å². The fourth-order valence-corrected chi connectivity index (χ4v) is 19.6. The first-order valence-electron chi connectivity index (χ1n) is 40.5. The number of nitrogens with zero attached hydrogens (tertiary/aromatic N) is 6. The molecule has 4 aromatic rings. The molecule has 26 nitrogen and oxygen atoms in total. The Morgan fingerprint density at radius 2 is 0.857 bits per heavy atom. The van der Waals surface area contributed by atoms with Gasteiger partial charge in [0, 0.05) is 25.7 Å². The maximum Gasteiger partial charge on any atom is 0.307 e. The molecule has 6 fully saturated rings. The summed E-state index contributed by atoms with van der Waals surface area (Å²) in [4.78, 5) is 117. The fourth-order valence-electron chi connectivity index (χ4n) is 16.9. The normalized spacial score (nSPS) is 29.9. The van der Waals surface area contributed by atoms with Gasteiger partial charge in [0.2, 0.25) is 67.2 Å². The summed E-state index contributed by atoms with van der Waals surface area (Å²) in [7, 11) is -7.92. The number of ether oxygens (including phenoxy) is 6. The van der Waals surface area contributed by atoms with Gasteiger partial charge in [-0.05, 0) is 206 Å². The van der Waals surface area contributed by atoms with E-state index in [0.717, 1.165) is 25.7 Å². The SMILES string of the molecule is CCOc1nnc(O[C@@H]2C[C@H]3C(=O)C[C@]4(C(=O)NS(=O)(=O)C5(C)CC5)C[C@H]4/C=C\CC[C@@H](C)C[C@@H](CC)[C@H](CC(=O)OC(C)(C)C)C(=O)N3C2)c2ccccc12.CCOc1nnc(O[C@@H]2C[C@H]3C(=O)C[C@]4(C(=O)NS(=O)(=O)C5(C)CC5)C[C@H]4/C=C\CC[C@H](C)C[C@@H](CC)[C@H](CC(=O)OC(C)(C)C)C(=O)N3C2)c2ccccc12. The molecule has 112 heavy (non-hydrogen) atoms. The fraction of sp³-hybridized carbons (Fsp3) is 0.667. The van der Waals surface area contributed by atoms with Crippen molar-refractivity contribution < 1.29 is 83.6 Å². The van der Waals surface area contributed by atoms with Crippen LogP contribution in [0.3, 0.4) is 0 Å². The molecule has 4 saturated carbocycles. The first kappa shape index (κ1) is 84.8. The second-order valence-electron chi connectivity index (χ2n) is 35.4. The molecule has 4 aliphatic heterocycles. The maximum atomic E-state index is 15.0. The Morgan fingerprint density at radius 1 is 0.518 bits per heavy atom. The van der Waals surface area contributed by atoms with Gasteiger partial charge in [-0.25, -0.2) is 16.8 Å². The first-order valence-corrected chi connectivity index (χ1v) is 43.4. The summed E-state index contributed by atoms with van der Waals surface area (Å²) in [5.41, 5.74) is -4.06. The van der Waals surface area contributed by atoms with Gasteiger partial charge in [-0.15, -0.1) is 20.4 Å². The second-order valence-corrected chi connectivity index (χ2v) is 39.7. The molecule has 612 valence electrons. The lowest BCUT2D eigenvalue weighted by atomic mass is 9.79. The zero-order valence-electron chi connectivity index (χ0n) is 67.7. The van der Waals surface area contributed by atoms with E-state index in [9.17, 15) is 45.6 Å². The highest BCUT2D eigenvalue weighted by Gasteiger charge is 2.65. The van der Waals surface area contributed by atoms with Gasteiger partial charge in [-0.2, -0.15) is 0 Å². The molecule has 0 unspecified atom stereocenters. The number of allylic oxidation sites excluding steroid dienone is 4. The summed E-state index contributed by atoms with van der Waals surface area (Å²) < 4.78 is 91.5. The molecule has 8 aliphatic rings. The Morgan fingerprint density at radius 3 is 1.18 bits per heavy atom. The quantitative estimate of drug-likeness (QED) is 0.0613. The highest BCUT2D eigenvalue weighted by atomic mass is 32.2. The number of esters is 2. The van der Waals surface area contributed by atoms with Crippen molar-refractivity contribution in [3.05, 3.63) is 72.8 Å². The van der Waals surface area contributed by atoms with Crippen LogP contribution in [0.25, 0.3) is 21.5 Å². The number of benzene rings is 2. The van der Waals surface area contributed by atoms with Crippen molar-refractivity contribution in [1.29, 1.82) is 0 Å². The van der Waals surface area contributed by atoms with Crippen molar-refractivity contribution in [2.24, 2.45) is 58.2 Å². The average molecular weight is 1590 g/mol. The lowest BCUT2D eigenvalue weighted by Gasteiger charge is -2.33. The number of amides is 4. The molecule has 2 N–H and O–H groups in total. The van der Waals surface area contributed by atoms with Crippen LogP contribution in [-0.4, -0.2) is 165 Å². The largest absolute Gasteiger partial charge is 0.476 e. The maximum absolute atomic E-state index is 15.0. The minimum atomic E-state index is -3.96. The third kappa shape index (κ3) is 19.3. The number of fused-ring (bicyclic) bond motifs is 6. The number of rotatable bonds is 20. The summed E-state index contributed by atoms with van der Waals surface area (Å²) in [5.74, 6) is -4.71. The van der Waals surface area contributed by atoms with Crippen molar-refractivity contribution in [1.82, 2.24) is 39.6 Å². The van der Waals surface area contributed by atoms with E-state index in [-0.39, 0.29) is 122 Å². The van der Waals surface area contributed by atoms with Gasteiger partial charge in [-0.3, -0.25) is 47.8 Å². The Bertz CT molecular complexity index is 4230. The van der Waals surface area contributed by atoms with Crippen molar-refractivity contribution in [2.45, 2.75) is 270 Å². The number of Topliss-reactive ketones (excluding diaryl/α,β-unsaturated/α-hetero) is 2. The summed E-state index contributed by atoms with van der Waals surface area (Å²) in [6, 6.07) is 12.8. The van der Waals surface area contributed by atoms with Gasteiger partial charge in [-0.1, -0.05) is 89.1 Å². The second kappa shape index (κ2) is 33.7. The molecule has 2 saturated heterocycles. The van der Waals surface area contributed by atoms with Crippen LogP contribution in [0.5, 0.6) is 23.5 Å². The summed E-state index contributed by atoms with van der Waals surface area (Å²) in [5, 5.41) is 19.9. The predicted octanol–water partition coefficient (Wildman–Crippen LogP) is 12.2. The number of hydrogen-bond acceptors (Lipinski definition) is 22. The summed E-state index contributed by atoms with van der Waals surface area (Å²) >= 11 is 0. The molecule has 6 heterocycles. The van der Waals surface area contributed by atoms with Crippen LogP contribution in [-0.2, 0) is 67.9 Å². The van der Waals surface area contributed by atoms with E-state index in [0.29, 0.717) is 111 Å². The van der Waals surface area contributed by atoms with Crippen molar-refractivity contribution >= 4 is 88.7 Å². The van der Waals surface area contributed by atoms with E-state index in [4.69, 9.17) is 28.4 Å². The van der Waals surface area contributed by atoms with E-state index < -0.39 is 111 Å². The molecule has 0 radical (unpaired) electrons. The van der Waals surface area contributed by atoms with Crippen LogP contribution in [0.4, 0.5) is 0 Å². The third-order valence-electron chi connectivity index (χ3n) is 24.2. The monoisotopic (exact) mass is 1590 g/mol. The van der Waals surface area contributed by atoms with Gasteiger partial charge in [0.25, 0.3) is 0 Å². The van der Waals surface area contributed by atoms with Crippen molar-refractivity contribution in [3.63, 3.8) is 0 Å². The molecular formula is C84H116N8O18S2. The summed E-state index contributed by atoms with van der Waals surface area (Å²) in [6.07, 6.45) is 14.2. The Hall–Kier alpha value is -8.14. The smallest absolute Gasteiger partial charge is 0.307 e. The van der Waals surface area contributed by atoms with E-state index in [1.165, 1.54) is 9.80 Å². The van der Waals surface area contributed by atoms with E-state index in [2.05, 4.69) is 43.7 Å². The van der Waals surface area contributed by atoms with Crippen LogP contribution in [0.15, 0.2) is 72.8 Å². The Labute approximate surface area is 659 Å². The number of sulfonamides is 2. The molecule has 14 atom stereocenters. The number of nitrogens with one attached hydrogen (secondary N) is 2. The van der Waals surface area contributed by atoms with Crippen LogP contribution >= 0.6 is 0 Å². The third-order valence-corrected chi connectivity index (χ3v) is 28.6. The van der Waals surface area contributed by atoms with E-state index >= 15 is 9.59 Å². The number of aromatic nitrogens is 4. The highest BCUT2D eigenvalue weighted by Crippen LogP contribution is 2.59. The minimum absolute atomic E-state index is 0.0323.